The summed E-state index contributed by atoms with van der Waals surface area (Å²) >= 11 is 1.66. The molecule has 5 nitrogen and oxygen atoms in total. The highest BCUT2D eigenvalue weighted by atomic mass is 32.1. The summed E-state index contributed by atoms with van der Waals surface area (Å²) in [5.41, 5.74) is 3.94. The maximum Gasteiger partial charge on any atom is 0.269 e. The number of rotatable bonds is 3. The number of hydrogen-bond acceptors (Lipinski definition) is 5. The first-order chi connectivity index (χ1) is 14.2. The van der Waals surface area contributed by atoms with Gasteiger partial charge in [0.1, 0.15) is 11.6 Å². The first kappa shape index (κ1) is 17.7. The van der Waals surface area contributed by atoms with E-state index in [2.05, 4.69) is 30.4 Å². The summed E-state index contributed by atoms with van der Waals surface area (Å²) in [6.07, 6.45) is -0.683. The van der Waals surface area contributed by atoms with Crippen LogP contribution in [0.5, 0.6) is 11.5 Å². The number of thiazole rings is 1. The van der Waals surface area contributed by atoms with Crippen LogP contribution in [-0.2, 0) is 4.79 Å². The zero-order chi connectivity index (χ0) is 19.8. The Hall–Kier alpha value is -3.38. The molecule has 0 aliphatic carbocycles. The number of hydrogen-bond donors (Lipinski definition) is 1. The van der Waals surface area contributed by atoms with Gasteiger partial charge in [-0.05, 0) is 61.0 Å². The van der Waals surface area contributed by atoms with Crippen molar-refractivity contribution in [2.75, 3.05) is 11.9 Å². The molecule has 144 valence electrons. The lowest BCUT2D eigenvalue weighted by Gasteiger charge is -2.25. The highest BCUT2D eigenvalue weighted by Crippen LogP contribution is 2.32. The summed E-state index contributed by atoms with van der Waals surface area (Å²) in [6.45, 7) is 2.25. The number of nitrogens with one attached hydrogen (secondary N) is 1. The second kappa shape index (κ2) is 7.22. The fourth-order valence-electron chi connectivity index (χ4n) is 3.23. The molecule has 6 heteroatoms. The molecular formula is C23H18N2O3S. The van der Waals surface area contributed by atoms with Crippen LogP contribution in [0.25, 0.3) is 20.8 Å². The zero-order valence-corrected chi connectivity index (χ0v) is 16.5. The molecule has 2 heterocycles. The molecule has 1 aromatic heterocycles. The maximum absolute atomic E-state index is 12.6. The van der Waals surface area contributed by atoms with E-state index >= 15 is 0 Å². The summed E-state index contributed by atoms with van der Waals surface area (Å²) in [5.74, 6) is 1.01. The lowest BCUT2D eigenvalue weighted by atomic mass is 10.2. The first-order valence-electron chi connectivity index (χ1n) is 9.33. The third kappa shape index (κ3) is 3.54. The van der Waals surface area contributed by atoms with E-state index in [1.54, 1.807) is 17.4 Å². The smallest absolute Gasteiger partial charge is 0.269 e. The van der Waals surface area contributed by atoms with E-state index in [0.717, 1.165) is 20.8 Å². The number of aryl methyl sites for hydroxylation is 1. The lowest BCUT2D eigenvalue weighted by Crippen LogP contribution is -2.40. The number of nitrogens with zero attached hydrogens (tertiary/aromatic N) is 1. The number of anilines is 1. The molecule has 1 amide bonds. The van der Waals surface area contributed by atoms with Crippen LogP contribution in [0.4, 0.5) is 5.69 Å². The van der Waals surface area contributed by atoms with Gasteiger partial charge in [0.25, 0.3) is 5.91 Å². The summed E-state index contributed by atoms with van der Waals surface area (Å²) in [5, 5.41) is 3.86. The average molecular weight is 402 g/mol. The number of amides is 1. The predicted octanol–water partition coefficient (Wildman–Crippen LogP) is 5.05. The second-order valence-corrected chi connectivity index (χ2v) is 7.95. The van der Waals surface area contributed by atoms with Gasteiger partial charge < -0.3 is 14.8 Å². The molecule has 1 N–H and O–H groups in total. The predicted molar refractivity (Wildman–Crippen MR) is 115 cm³/mol. The Bertz CT molecular complexity index is 1200. The average Bonchev–Trinajstić information content (AvgIpc) is 3.17. The summed E-state index contributed by atoms with van der Waals surface area (Å²) < 4.78 is 12.5. The second-order valence-electron chi connectivity index (χ2n) is 6.92. The Morgan fingerprint density at radius 2 is 1.86 bits per heavy atom. The quantitative estimate of drug-likeness (QED) is 0.521. The molecule has 0 saturated heterocycles. The summed E-state index contributed by atoms with van der Waals surface area (Å²) in [4.78, 5) is 17.3. The molecule has 29 heavy (non-hydrogen) atoms. The van der Waals surface area contributed by atoms with Crippen LogP contribution in [0.3, 0.4) is 0 Å². The van der Waals surface area contributed by atoms with Crippen LogP contribution in [0.15, 0.2) is 66.7 Å². The highest BCUT2D eigenvalue weighted by molar-refractivity contribution is 7.21. The molecular weight excluding hydrogens is 384 g/mol. The number of aromatic nitrogens is 1. The van der Waals surface area contributed by atoms with Crippen LogP contribution >= 0.6 is 11.3 Å². The Labute approximate surface area is 171 Å². The van der Waals surface area contributed by atoms with Gasteiger partial charge in [-0.1, -0.05) is 18.2 Å². The Balaban J connectivity index is 1.29. The van der Waals surface area contributed by atoms with Gasteiger partial charge in [0.2, 0.25) is 6.10 Å². The maximum atomic E-state index is 12.6. The molecule has 1 aliphatic heterocycles. The van der Waals surface area contributed by atoms with Crippen molar-refractivity contribution in [3.8, 4) is 22.1 Å². The molecule has 4 aromatic rings. The van der Waals surface area contributed by atoms with Crippen molar-refractivity contribution in [3.63, 3.8) is 0 Å². The lowest BCUT2D eigenvalue weighted by molar-refractivity contribution is -0.125. The molecule has 0 bridgehead atoms. The fraction of sp³-hybridized carbons (Fsp3) is 0.130. The van der Waals surface area contributed by atoms with E-state index in [1.165, 1.54) is 5.56 Å². The number of fused-ring (bicyclic) bond motifs is 2. The largest absolute Gasteiger partial charge is 0.485 e. The Kier molecular flexibility index (Phi) is 4.41. The topological polar surface area (TPSA) is 60.5 Å². The number of para-hydroxylation sites is 2. The Morgan fingerprint density at radius 1 is 1.07 bits per heavy atom. The molecule has 1 atom stereocenters. The van der Waals surface area contributed by atoms with E-state index in [9.17, 15) is 4.79 Å². The minimum absolute atomic E-state index is 0.187. The number of benzene rings is 3. The van der Waals surface area contributed by atoms with Crippen LogP contribution in [0.1, 0.15) is 5.56 Å². The van der Waals surface area contributed by atoms with Gasteiger partial charge in [0, 0.05) is 11.3 Å². The van der Waals surface area contributed by atoms with Crippen LogP contribution in [0.2, 0.25) is 0 Å². The van der Waals surface area contributed by atoms with Gasteiger partial charge >= 0.3 is 0 Å². The molecule has 1 unspecified atom stereocenters. The minimum Gasteiger partial charge on any atom is -0.485 e. The van der Waals surface area contributed by atoms with Crippen LogP contribution in [-0.4, -0.2) is 23.6 Å². The van der Waals surface area contributed by atoms with Crippen molar-refractivity contribution in [1.29, 1.82) is 0 Å². The molecule has 0 fully saturated rings. The fourth-order valence-corrected chi connectivity index (χ4v) is 4.18. The normalized spacial score (nSPS) is 15.3. The Morgan fingerprint density at radius 3 is 2.69 bits per heavy atom. The van der Waals surface area contributed by atoms with Gasteiger partial charge in [-0.25, -0.2) is 4.98 Å². The van der Waals surface area contributed by atoms with Crippen molar-refractivity contribution in [1.82, 2.24) is 4.98 Å². The molecule has 0 spiro atoms. The molecule has 3 aromatic carbocycles. The summed E-state index contributed by atoms with van der Waals surface area (Å²) in [7, 11) is 0. The molecule has 0 radical (unpaired) electrons. The van der Waals surface area contributed by atoms with E-state index in [1.807, 2.05) is 42.5 Å². The van der Waals surface area contributed by atoms with Crippen molar-refractivity contribution >= 4 is 33.1 Å². The van der Waals surface area contributed by atoms with Crippen LogP contribution < -0.4 is 14.8 Å². The monoisotopic (exact) mass is 402 g/mol. The third-order valence-corrected chi connectivity index (χ3v) is 5.83. The van der Waals surface area contributed by atoms with Crippen LogP contribution in [0, 0.1) is 6.92 Å². The van der Waals surface area contributed by atoms with Crippen molar-refractivity contribution < 1.29 is 14.3 Å². The highest BCUT2D eigenvalue weighted by Gasteiger charge is 2.27. The van der Waals surface area contributed by atoms with Gasteiger partial charge in [-0.3, -0.25) is 4.79 Å². The standard InChI is InChI=1S/C23H18N2O3S/c1-14-6-11-21-17(12-14)25-23(29-21)15-7-9-16(10-8-15)24-22(26)20-13-27-18-4-2-3-5-19(18)28-20/h2-12,20H,13H2,1H3,(H,24,26). The van der Waals surface area contributed by atoms with E-state index in [4.69, 9.17) is 14.5 Å². The van der Waals surface area contributed by atoms with Gasteiger partial charge in [0.15, 0.2) is 11.5 Å². The zero-order valence-electron chi connectivity index (χ0n) is 15.7. The minimum atomic E-state index is -0.683. The molecule has 1 aliphatic rings. The number of carbonyl (C=O) groups excluding carboxylic acids is 1. The van der Waals surface area contributed by atoms with Crippen molar-refractivity contribution in [2.45, 2.75) is 13.0 Å². The SMILES string of the molecule is Cc1ccc2sc(-c3ccc(NC(=O)C4COc5ccccc5O4)cc3)nc2c1. The van der Waals surface area contributed by atoms with Gasteiger partial charge in [-0.2, -0.15) is 0 Å². The van der Waals surface area contributed by atoms with Gasteiger partial charge in [-0.15, -0.1) is 11.3 Å². The first-order valence-corrected chi connectivity index (χ1v) is 10.1. The third-order valence-electron chi connectivity index (χ3n) is 4.74. The molecule has 5 rings (SSSR count). The number of carbonyl (C=O) groups is 1. The van der Waals surface area contributed by atoms with E-state index in [0.29, 0.717) is 17.2 Å². The van der Waals surface area contributed by atoms with E-state index < -0.39 is 6.10 Å². The molecule has 0 saturated carbocycles. The van der Waals surface area contributed by atoms with Crippen molar-refractivity contribution in [3.05, 3.63) is 72.3 Å². The van der Waals surface area contributed by atoms with E-state index in [-0.39, 0.29) is 12.5 Å². The number of ether oxygens (including phenoxy) is 2. The summed E-state index contributed by atoms with van der Waals surface area (Å²) in [6, 6.07) is 21.3. The van der Waals surface area contributed by atoms with Crippen molar-refractivity contribution in [2.24, 2.45) is 0 Å². The van der Waals surface area contributed by atoms with Gasteiger partial charge in [0.05, 0.1) is 10.2 Å².